The van der Waals surface area contributed by atoms with Crippen molar-refractivity contribution in [3.05, 3.63) is 35.8 Å². The molecule has 1 heterocycles. The van der Waals surface area contributed by atoms with Crippen LogP contribution < -0.4 is 10.5 Å². The molecule has 2 N–H and O–H groups in total. The summed E-state index contributed by atoms with van der Waals surface area (Å²) < 4.78 is 25.0. The third kappa shape index (κ3) is 4.38. The third-order valence-corrected chi connectivity index (χ3v) is 4.21. The van der Waals surface area contributed by atoms with E-state index in [1.807, 2.05) is 6.92 Å². The molecule has 0 radical (unpaired) electrons. The highest BCUT2D eigenvalue weighted by atomic mass is 35.5. The number of fused-ring (bicyclic) bond motifs is 1. The molecule has 2 rings (SSSR count). The Balaban J connectivity index is 0.00000312. The highest BCUT2D eigenvalue weighted by molar-refractivity contribution is 5.86. The van der Waals surface area contributed by atoms with E-state index in [1.54, 1.807) is 32.2 Å². The Kier molecular flexibility index (Phi) is 8.06. The Morgan fingerprint density at radius 2 is 2.08 bits per heavy atom. The minimum Gasteiger partial charge on any atom is -0.497 e. The molecule has 0 fully saturated rings. The minimum atomic E-state index is -0.610. The van der Waals surface area contributed by atoms with E-state index in [-0.39, 0.29) is 25.6 Å². The Hall–Kier alpha value is -1.92. The number of benzene rings is 1. The number of methoxy groups -OCH3 is 1. The zero-order valence-electron chi connectivity index (χ0n) is 14.6. The quantitative estimate of drug-likeness (QED) is 0.756. The zero-order chi connectivity index (χ0) is 17.7. The number of nitrogens with zero attached hydrogens (tertiary/aromatic N) is 1. The molecule has 0 aliphatic heterocycles. The first-order valence-corrected chi connectivity index (χ1v) is 8.06. The van der Waals surface area contributed by atoms with E-state index in [2.05, 4.69) is 4.98 Å². The van der Waals surface area contributed by atoms with Crippen LogP contribution in [0.4, 0.5) is 4.39 Å². The maximum atomic E-state index is 14.6. The number of halogens is 2. The van der Waals surface area contributed by atoms with Crippen LogP contribution in [-0.4, -0.2) is 31.2 Å². The summed E-state index contributed by atoms with van der Waals surface area (Å²) in [5, 5.41) is 0.629. The molecule has 0 bridgehead atoms. The molecule has 25 heavy (non-hydrogen) atoms. The first-order valence-electron chi connectivity index (χ1n) is 8.06. The maximum absolute atomic E-state index is 14.6. The Morgan fingerprint density at radius 1 is 1.36 bits per heavy atom. The highest BCUT2D eigenvalue weighted by Gasteiger charge is 2.31. The summed E-state index contributed by atoms with van der Waals surface area (Å²) in [5.74, 6) is -1.26. The van der Waals surface area contributed by atoms with Crippen molar-refractivity contribution in [2.24, 2.45) is 11.7 Å². The van der Waals surface area contributed by atoms with Crippen molar-refractivity contribution in [1.82, 2.24) is 4.98 Å². The molecule has 2 aromatic rings. The van der Waals surface area contributed by atoms with Gasteiger partial charge in [-0.2, -0.15) is 0 Å². The van der Waals surface area contributed by atoms with Crippen LogP contribution in [0, 0.1) is 11.7 Å². The molecule has 0 spiro atoms. The highest BCUT2D eigenvalue weighted by Crippen LogP contribution is 2.36. The van der Waals surface area contributed by atoms with Crippen molar-refractivity contribution >= 4 is 29.3 Å². The molecule has 0 saturated carbocycles. The van der Waals surface area contributed by atoms with Crippen molar-refractivity contribution in [3.8, 4) is 5.75 Å². The number of carbonyl (C=O) groups is 1. The van der Waals surface area contributed by atoms with E-state index < -0.39 is 23.6 Å². The van der Waals surface area contributed by atoms with Gasteiger partial charge in [0.15, 0.2) is 0 Å². The largest absolute Gasteiger partial charge is 0.497 e. The van der Waals surface area contributed by atoms with Gasteiger partial charge in [0.25, 0.3) is 0 Å². The molecule has 138 valence electrons. The molecule has 2 atom stereocenters. The molecule has 0 amide bonds. The van der Waals surface area contributed by atoms with E-state index in [9.17, 15) is 9.18 Å². The smallest absolute Gasteiger partial charge is 0.310 e. The number of hydrogen-bond donors (Lipinski definition) is 1. The minimum absolute atomic E-state index is 0. The van der Waals surface area contributed by atoms with Gasteiger partial charge in [-0.05, 0) is 31.5 Å². The second-order valence-electron chi connectivity index (χ2n) is 5.51. The van der Waals surface area contributed by atoms with Gasteiger partial charge in [-0.3, -0.25) is 9.78 Å². The molecule has 0 aliphatic rings. The van der Waals surface area contributed by atoms with Gasteiger partial charge in [0.05, 0.1) is 31.3 Å². The van der Waals surface area contributed by atoms with Gasteiger partial charge in [-0.1, -0.05) is 6.92 Å². The summed E-state index contributed by atoms with van der Waals surface area (Å²) in [6, 6.07) is 5.28. The van der Waals surface area contributed by atoms with Crippen molar-refractivity contribution in [3.63, 3.8) is 0 Å². The van der Waals surface area contributed by atoms with Crippen LogP contribution in [0.2, 0.25) is 0 Å². The van der Waals surface area contributed by atoms with Crippen LogP contribution in [-0.2, 0) is 9.53 Å². The van der Waals surface area contributed by atoms with E-state index >= 15 is 0 Å². The average molecular weight is 371 g/mol. The van der Waals surface area contributed by atoms with Crippen LogP contribution in [0.3, 0.4) is 0 Å². The lowest BCUT2D eigenvalue weighted by Crippen LogP contribution is -2.31. The third-order valence-electron chi connectivity index (χ3n) is 4.21. The molecule has 7 heteroatoms. The molecule has 0 aliphatic carbocycles. The lowest BCUT2D eigenvalue weighted by atomic mass is 9.82. The van der Waals surface area contributed by atoms with Crippen LogP contribution in [0.25, 0.3) is 10.9 Å². The summed E-state index contributed by atoms with van der Waals surface area (Å²) in [6.45, 7) is 3.99. The fraction of sp³-hybridized carbons (Fsp3) is 0.444. The summed E-state index contributed by atoms with van der Waals surface area (Å²) in [6.07, 6.45) is 1.74. The lowest BCUT2D eigenvalue weighted by Gasteiger charge is -2.25. The van der Waals surface area contributed by atoms with Crippen molar-refractivity contribution in [2.45, 2.75) is 26.2 Å². The maximum Gasteiger partial charge on any atom is 0.310 e. The van der Waals surface area contributed by atoms with Crippen LogP contribution >= 0.6 is 12.4 Å². The number of aromatic nitrogens is 1. The van der Waals surface area contributed by atoms with Gasteiger partial charge < -0.3 is 15.2 Å². The summed E-state index contributed by atoms with van der Waals surface area (Å²) >= 11 is 0. The second-order valence-corrected chi connectivity index (χ2v) is 5.51. The topological polar surface area (TPSA) is 74.4 Å². The van der Waals surface area contributed by atoms with Crippen molar-refractivity contribution in [2.75, 3.05) is 20.3 Å². The predicted molar refractivity (Wildman–Crippen MR) is 97.7 cm³/mol. The second kappa shape index (κ2) is 9.53. The average Bonchev–Trinajstić information content (AvgIpc) is 2.59. The molecule has 1 aromatic heterocycles. The van der Waals surface area contributed by atoms with Gasteiger partial charge in [0, 0.05) is 23.4 Å². The van der Waals surface area contributed by atoms with Crippen LogP contribution in [0.5, 0.6) is 5.75 Å². The lowest BCUT2D eigenvalue weighted by molar-refractivity contribution is -0.148. The van der Waals surface area contributed by atoms with Gasteiger partial charge in [-0.15, -0.1) is 12.4 Å². The summed E-state index contributed by atoms with van der Waals surface area (Å²) in [5.41, 5.74) is 6.88. The fourth-order valence-electron chi connectivity index (χ4n) is 3.04. The SMILES string of the molecule is CCOC(=O)C(CN)C(CC)c1c(F)cnc2ccc(OC)cc12.Cl. The summed E-state index contributed by atoms with van der Waals surface area (Å²) in [4.78, 5) is 16.4. The number of esters is 1. The Morgan fingerprint density at radius 3 is 2.64 bits per heavy atom. The predicted octanol–water partition coefficient (Wildman–Crippen LogP) is 3.44. The normalized spacial score (nSPS) is 13.0. The number of carbonyl (C=O) groups excluding carboxylic acids is 1. The fourth-order valence-corrected chi connectivity index (χ4v) is 3.04. The van der Waals surface area contributed by atoms with Crippen molar-refractivity contribution in [1.29, 1.82) is 0 Å². The monoisotopic (exact) mass is 370 g/mol. The van der Waals surface area contributed by atoms with Gasteiger partial charge in [-0.25, -0.2) is 4.39 Å². The molecule has 0 saturated heterocycles. The van der Waals surface area contributed by atoms with Crippen LogP contribution in [0.1, 0.15) is 31.7 Å². The van der Waals surface area contributed by atoms with Gasteiger partial charge in [0.2, 0.25) is 0 Å². The first kappa shape index (κ1) is 21.1. The van der Waals surface area contributed by atoms with E-state index in [0.29, 0.717) is 28.6 Å². The first-order chi connectivity index (χ1) is 11.6. The van der Waals surface area contributed by atoms with Crippen LogP contribution in [0.15, 0.2) is 24.4 Å². The Labute approximate surface area is 153 Å². The molecule has 5 nitrogen and oxygen atoms in total. The van der Waals surface area contributed by atoms with E-state index in [1.165, 1.54) is 6.20 Å². The van der Waals surface area contributed by atoms with E-state index in [4.69, 9.17) is 15.2 Å². The number of rotatable bonds is 7. The molecular weight excluding hydrogens is 347 g/mol. The molecule has 1 aromatic carbocycles. The molecule has 2 unspecified atom stereocenters. The summed E-state index contributed by atoms with van der Waals surface area (Å²) in [7, 11) is 1.55. The number of nitrogens with two attached hydrogens (primary N) is 1. The molecular formula is C18H24ClFN2O3. The number of ether oxygens (including phenoxy) is 2. The Bertz CT molecular complexity index is 727. The number of hydrogen-bond acceptors (Lipinski definition) is 5. The standard InChI is InChI=1S/C18H23FN2O3.ClH/c1-4-12(14(9-20)18(22)24-5-2)17-13-8-11(23-3)6-7-16(13)21-10-15(17)19;/h6-8,10,12,14H,4-5,9,20H2,1-3H3;1H. The zero-order valence-corrected chi connectivity index (χ0v) is 15.4. The van der Waals surface area contributed by atoms with Crippen molar-refractivity contribution < 1.29 is 18.7 Å². The van der Waals surface area contributed by atoms with E-state index in [0.717, 1.165) is 0 Å². The van der Waals surface area contributed by atoms with Gasteiger partial charge in [0.1, 0.15) is 11.6 Å². The number of pyridine rings is 1. The van der Waals surface area contributed by atoms with Gasteiger partial charge >= 0.3 is 5.97 Å².